The Morgan fingerprint density at radius 3 is 1.52 bits per heavy atom. The first-order chi connectivity index (χ1) is 28.2. The topological polar surface area (TPSA) is 218 Å². The maximum Gasteiger partial charge on any atom is 0.544 e. The van der Waals surface area contributed by atoms with Gasteiger partial charge in [-0.2, -0.15) is 9.42 Å². The summed E-state index contributed by atoms with van der Waals surface area (Å²) in [6.45, 7) is 14.0. The third-order valence-corrected chi connectivity index (χ3v) is 11.3. The molecule has 0 bridgehead atoms. The predicted molar refractivity (Wildman–Crippen MR) is 245 cm³/mol. The van der Waals surface area contributed by atoms with Crippen LogP contribution in [0.2, 0.25) is 0 Å². The van der Waals surface area contributed by atoms with Gasteiger partial charge in [0.05, 0.1) is 23.0 Å². The molecule has 0 aromatic heterocycles. The largest absolute Gasteiger partial charge is 0.544 e. The van der Waals surface area contributed by atoms with Crippen LogP contribution in [0.1, 0.15) is 67.0 Å². The number of nitro benzene ring substituents is 2. The molecule has 61 heavy (non-hydrogen) atoms. The molecule has 1 atom stereocenters. The lowest BCUT2D eigenvalue weighted by atomic mass is 9.99. The highest BCUT2D eigenvalue weighted by Crippen LogP contribution is 2.53. The number of nitrogens with zero attached hydrogens (tertiary/aromatic N) is 2. The van der Waals surface area contributed by atoms with Crippen LogP contribution in [-0.4, -0.2) is 61.3 Å². The van der Waals surface area contributed by atoms with Crippen LogP contribution in [0.4, 0.5) is 11.4 Å². The van der Waals surface area contributed by atoms with Gasteiger partial charge in [0, 0.05) is 46.6 Å². The molecule has 18 heteroatoms. The summed E-state index contributed by atoms with van der Waals surface area (Å²) in [6.07, 6.45) is 1.14. The lowest BCUT2D eigenvalue weighted by molar-refractivity contribution is -0.385. The van der Waals surface area contributed by atoms with E-state index in [2.05, 4.69) is 41.0 Å². The summed E-state index contributed by atoms with van der Waals surface area (Å²) in [7, 11) is -3.54. The number of nitro groups is 2. The summed E-state index contributed by atoms with van der Waals surface area (Å²) in [5.74, 6) is 1.39. The van der Waals surface area contributed by atoms with E-state index < -0.39 is 23.4 Å². The highest BCUT2D eigenvalue weighted by molar-refractivity contribution is 8.14. The first-order valence-corrected chi connectivity index (χ1v) is 22.1. The van der Waals surface area contributed by atoms with Crippen LogP contribution >= 0.6 is 31.6 Å². The van der Waals surface area contributed by atoms with Gasteiger partial charge in [-0.1, -0.05) is 140 Å². The van der Waals surface area contributed by atoms with E-state index in [0.717, 1.165) is 23.7 Å². The predicted octanol–water partition coefficient (Wildman–Crippen LogP) is 10.1. The SMILES string of the molecule is C.CC(C)(C)C(=O)SCCO.CC(C)(C)C(=O)SCCO[P+](O)(NCc1ccccc1)Oc1ccc([N+](=O)[O-])cc1.CCc1ccccc1.O=COc1ccc([N+](=O)[O-])cc1. The highest BCUT2D eigenvalue weighted by Gasteiger charge is 2.43. The molecule has 0 heterocycles. The first-order valence-electron chi connectivity index (χ1n) is 18.6. The number of thioether (sulfide) groups is 2. The van der Waals surface area contributed by atoms with Crippen molar-refractivity contribution in [3.63, 3.8) is 0 Å². The van der Waals surface area contributed by atoms with Crippen molar-refractivity contribution in [3.05, 3.63) is 141 Å². The monoisotopic (exact) mass is 904 g/mol. The van der Waals surface area contributed by atoms with Gasteiger partial charge in [-0.05, 0) is 41.8 Å². The van der Waals surface area contributed by atoms with Crippen molar-refractivity contribution < 1.29 is 48.0 Å². The van der Waals surface area contributed by atoms with Crippen LogP contribution in [-0.2, 0) is 31.9 Å². The van der Waals surface area contributed by atoms with E-state index in [1.165, 1.54) is 65.9 Å². The molecular weight excluding hydrogens is 846 g/mol. The second kappa shape index (κ2) is 29.5. The van der Waals surface area contributed by atoms with Crippen molar-refractivity contribution in [1.82, 2.24) is 5.09 Å². The zero-order valence-electron chi connectivity index (χ0n) is 34.8. The Morgan fingerprint density at radius 1 is 0.721 bits per heavy atom. The smallest absolute Gasteiger partial charge is 0.429 e. The number of hydrogen-bond donors (Lipinski definition) is 3. The zero-order chi connectivity index (χ0) is 45.2. The van der Waals surface area contributed by atoms with E-state index in [-0.39, 0.29) is 65.6 Å². The molecule has 0 amide bonds. The Labute approximate surface area is 367 Å². The lowest BCUT2D eigenvalue weighted by Crippen LogP contribution is -2.23. The molecule has 0 radical (unpaired) electrons. The van der Waals surface area contributed by atoms with Gasteiger partial charge in [0.25, 0.3) is 17.8 Å². The molecule has 0 aliphatic heterocycles. The van der Waals surface area contributed by atoms with Gasteiger partial charge in [-0.15, -0.1) is 5.09 Å². The molecule has 3 N–H and O–H groups in total. The number of aliphatic hydroxyl groups is 1. The summed E-state index contributed by atoms with van der Waals surface area (Å²) in [4.78, 5) is 63.8. The molecule has 0 aliphatic rings. The van der Waals surface area contributed by atoms with Gasteiger partial charge in [0.1, 0.15) is 12.4 Å². The van der Waals surface area contributed by atoms with Gasteiger partial charge in [-0.25, -0.2) is 0 Å². The quantitative estimate of drug-likeness (QED) is 0.0313. The number of carbonyl (C=O) groups is 3. The summed E-state index contributed by atoms with van der Waals surface area (Å²) in [5.41, 5.74) is 1.47. The highest BCUT2D eigenvalue weighted by atomic mass is 32.2. The standard InChI is InChI=1S/C20H26N2O6PS.C8H10.C7H5NO4.C7H14O2S.CH4/c1-20(2,3)19(23)30-14-13-27-29(26,21-15-16-7-5-4-6-8-16)28-18-11-9-17(10-12-18)22(24)25;1-2-8-6-4-3-5-7-8;9-5-12-7-3-1-6(2-4-7)8(10)11;1-7(2,3)6(9)10-5-4-8;/h4-12,21,26H,13-15H2,1-3H3;3-7H,2H2,1H3;1-5H;8H,4-5H2,1-3H3;1H4/q+1;;;;. The molecule has 1 unspecified atom stereocenters. The van der Waals surface area contributed by atoms with Gasteiger partial charge in [0.2, 0.25) is 0 Å². The van der Waals surface area contributed by atoms with E-state index in [1.807, 2.05) is 77.9 Å². The zero-order valence-corrected chi connectivity index (χ0v) is 37.4. The molecule has 334 valence electrons. The van der Waals surface area contributed by atoms with Crippen LogP contribution in [0.15, 0.2) is 109 Å². The van der Waals surface area contributed by atoms with Crippen LogP contribution in [0.5, 0.6) is 11.5 Å². The second-order valence-corrected chi connectivity index (χ2v) is 18.2. The van der Waals surface area contributed by atoms with Gasteiger partial charge in [-0.3, -0.25) is 39.1 Å². The van der Waals surface area contributed by atoms with Crippen molar-refractivity contribution in [2.75, 3.05) is 24.7 Å². The number of rotatable bonds is 16. The van der Waals surface area contributed by atoms with Crippen molar-refractivity contribution >= 4 is 59.7 Å². The van der Waals surface area contributed by atoms with Crippen molar-refractivity contribution in [1.29, 1.82) is 0 Å². The van der Waals surface area contributed by atoms with Crippen molar-refractivity contribution in [2.45, 2.75) is 68.9 Å². The number of nitrogens with one attached hydrogen (secondary N) is 1. The molecule has 4 aromatic rings. The minimum atomic E-state index is -3.54. The second-order valence-electron chi connectivity index (χ2n) is 14.3. The molecule has 0 aliphatic carbocycles. The summed E-state index contributed by atoms with van der Waals surface area (Å²) >= 11 is 2.33. The number of non-ortho nitro benzene ring substituents is 2. The van der Waals surface area contributed by atoms with Gasteiger partial charge >= 0.3 is 8.09 Å². The summed E-state index contributed by atoms with van der Waals surface area (Å²) in [5, 5.41) is 32.5. The summed E-state index contributed by atoms with van der Waals surface area (Å²) in [6, 6.07) is 30.5. The molecule has 0 spiro atoms. The average Bonchev–Trinajstić information content (AvgIpc) is 3.22. The maximum absolute atomic E-state index is 12.0. The Balaban J connectivity index is 0.000000943. The lowest BCUT2D eigenvalue weighted by Gasteiger charge is -2.18. The summed E-state index contributed by atoms with van der Waals surface area (Å²) < 4.78 is 15.7. The maximum atomic E-state index is 12.0. The molecule has 0 saturated carbocycles. The molecule has 4 rings (SSSR count). The fraction of sp³-hybridized carbons (Fsp3) is 0.372. The average molecular weight is 905 g/mol. The van der Waals surface area contributed by atoms with E-state index in [9.17, 15) is 39.5 Å². The third kappa shape index (κ3) is 25.0. The van der Waals surface area contributed by atoms with Crippen molar-refractivity contribution in [3.8, 4) is 11.5 Å². The number of benzene rings is 4. The first kappa shape index (κ1) is 56.3. The van der Waals surface area contributed by atoms with Crippen molar-refractivity contribution in [2.24, 2.45) is 10.8 Å². The van der Waals surface area contributed by atoms with E-state index in [1.54, 1.807) is 0 Å². The van der Waals surface area contributed by atoms with Crippen LogP contribution in [0.25, 0.3) is 0 Å². The fourth-order valence-corrected chi connectivity index (χ4v) is 6.90. The molecule has 0 saturated heterocycles. The van der Waals surface area contributed by atoms with Crippen LogP contribution < -0.4 is 14.3 Å². The third-order valence-electron chi connectivity index (χ3n) is 7.22. The van der Waals surface area contributed by atoms with Crippen LogP contribution in [0.3, 0.4) is 0 Å². The number of aliphatic hydroxyl groups excluding tert-OH is 1. The Bertz CT molecular complexity index is 1880. The molecule has 15 nitrogen and oxygen atoms in total. The van der Waals surface area contributed by atoms with Gasteiger partial charge < -0.3 is 9.84 Å². The number of carbonyl (C=O) groups excluding carboxylic acids is 3. The molecule has 4 aromatic carbocycles. The Morgan fingerprint density at radius 2 is 1.15 bits per heavy atom. The molecule has 0 fully saturated rings. The van der Waals surface area contributed by atoms with E-state index in [0.29, 0.717) is 18.1 Å². The normalized spacial score (nSPS) is 11.5. The Hall–Kier alpha value is -4.74. The van der Waals surface area contributed by atoms with E-state index in [4.69, 9.17) is 14.2 Å². The number of ether oxygens (including phenoxy) is 1. The number of aryl methyl sites for hydroxylation is 1. The minimum Gasteiger partial charge on any atom is -0.429 e. The van der Waals surface area contributed by atoms with Gasteiger partial charge in [0.15, 0.2) is 16.0 Å². The number of hydrogen-bond acceptors (Lipinski definition) is 15. The fourth-order valence-electron chi connectivity index (χ4n) is 3.95. The Kier molecular flexibility index (Phi) is 27.2. The van der Waals surface area contributed by atoms with Crippen LogP contribution in [0, 0.1) is 31.1 Å². The van der Waals surface area contributed by atoms with E-state index >= 15 is 0 Å². The molecular formula is C43H59N3O12PS2+. The minimum absolute atomic E-state index is 0.